The number of nitrogens with one attached hydrogen (secondary N) is 5. The van der Waals surface area contributed by atoms with Gasteiger partial charge in [0, 0.05) is 55.2 Å². The van der Waals surface area contributed by atoms with Crippen LogP contribution in [-0.4, -0.2) is 119 Å². The minimum Gasteiger partial charge on any atom is -0.477 e. The number of hydrogen-bond donors (Lipinski definition) is 5. The molecule has 15 rings (SSSR count). The summed E-state index contributed by atoms with van der Waals surface area (Å²) < 4.78 is 71.9. The molecule has 4 spiro atoms. The molecular weight excluding hydrogens is 1190 g/mol. The van der Waals surface area contributed by atoms with Crippen LogP contribution in [0.5, 0.6) is 11.8 Å². The average Bonchev–Trinajstić information content (AvgIpc) is 1.46. The third-order valence-corrected chi connectivity index (χ3v) is 24.0. The zero-order valence-electron chi connectivity index (χ0n) is 50.9. The van der Waals surface area contributed by atoms with Gasteiger partial charge in [0.25, 0.3) is 31.9 Å². The molecule has 6 aromatic heterocycles. The molecule has 9 aliphatic rings. The van der Waals surface area contributed by atoms with E-state index in [1.54, 1.807) is 59.4 Å². The third-order valence-electron chi connectivity index (χ3n) is 21.3. The Hall–Kier alpha value is -6.89. The van der Waals surface area contributed by atoms with Gasteiger partial charge in [-0.1, -0.05) is 23.7 Å². The molecule has 4 bridgehead atoms. The molecule has 6 aliphatic carbocycles. The summed E-state index contributed by atoms with van der Waals surface area (Å²) in [5.41, 5.74) is 2.64. The molecule has 6 saturated carbocycles. The van der Waals surface area contributed by atoms with Crippen LogP contribution >= 0.6 is 11.6 Å². The lowest BCUT2D eigenvalue weighted by molar-refractivity contribution is 0.0972. The monoisotopic (exact) mass is 1270 g/mol. The van der Waals surface area contributed by atoms with Gasteiger partial charge < -0.3 is 30.3 Å². The first-order chi connectivity index (χ1) is 42.6. The highest BCUT2D eigenvalue weighted by Gasteiger charge is 2.86. The van der Waals surface area contributed by atoms with Crippen LogP contribution in [0.4, 0.5) is 17.5 Å². The highest BCUT2D eigenvalue weighted by atomic mass is 35.5. The molecule has 3 aliphatic heterocycles. The van der Waals surface area contributed by atoms with Crippen LogP contribution in [0.1, 0.15) is 151 Å². The number of halogens is 1. The summed E-state index contributed by atoms with van der Waals surface area (Å²) in [5, 5.41) is 18.4. The molecule has 0 radical (unpaired) electrons. The molecule has 89 heavy (non-hydrogen) atoms. The number of rotatable bonds is 18. The predicted octanol–water partition coefficient (Wildman–Crippen LogP) is 9.52. The van der Waals surface area contributed by atoms with E-state index in [9.17, 15) is 26.4 Å². The number of aromatic nitrogens is 8. The number of sulfonamides is 2. The van der Waals surface area contributed by atoms with Crippen LogP contribution < -0.4 is 39.8 Å². The molecule has 0 aromatic carbocycles. The first-order valence-corrected chi connectivity index (χ1v) is 35.1. The molecule has 25 heteroatoms. The molecule has 2 amide bonds. The van der Waals surface area contributed by atoms with Gasteiger partial charge >= 0.3 is 0 Å². The third kappa shape index (κ3) is 11.6. The maximum atomic E-state index is 13.6. The van der Waals surface area contributed by atoms with Crippen LogP contribution in [0, 0.1) is 45.3 Å². The smallest absolute Gasteiger partial charge is 0.281 e. The summed E-state index contributed by atoms with van der Waals surface area (Å²) in [6, 6.07) is 19.2. The van der Waals surface area contributed by atoms with E-state index in [-0.39, 0.29) is 37.4 Å². The van der Waals surface area contributed by atoms with Crippen molar-refractivity contribution in [3.8, 4) is 23.4 Å². The Kier molecular flexibility index (Phi) is 14.9. The Labute approximate surface area is 525 Å². The summed E-state index contributed by atoms with van der Waals surface area (Å²) in [7, 11) is -8.48. The maximum absolute atomic E-state index is 13.6. The number of amides is 2. The van der Waals surface area contributed by atoms with Crippen LogP contribution in [-0.2, 0) is 20.0 Å². The van der Waals surface area contributed by atoms with E-state index in [4.69, 9.17) is 26.1 Å². The predicted molar refractivity (Wildman–Crippen MR) is 335 cm³/mol. The SMILES string of the molecule is CC1(C)C[C@@H](CCCNc2cccc(S(=O)(=O)NC(=O)c3ccc(-n4ccc(OCCC5C6(CC6)C56CC6)n4)nc3Cl)n2)CN1.CC1(C)C[C@H]2CCCNc3cccc(n3)S(=O)(=O)NC(=O)c3ccc(-n4ccc(OCCC5C6(CC6)C56CC6)n4)nc3N1C2. The largest absolute Gasteiger partial charge is 0.477 e. The number of carbonyl (C=O) groups excluding carboxylic acids is 2. The molecule has 2 saturated heterocycles. The van der Waals surface area contributed by atoms with Crippen molar-refractivity contribution in [2.45, 2.75) is 152 Å². The van der Waals surface area contributed by atoms with Gasteiger partial charge in [-0.05, 0) is 231 Å². The maximum Gasteiger partial charge on any atom is 0.281 e. The summed E-state index contributed by atoms with van der Waals surface area (Å²) >= 11 is 6.34. The summed E-state index contributed by atoms with van der Waals surface area (Å²) in [5.74, 6) is 4.28. The van der Waals surface area contributed by atoms with E-state index >= 15 is 0 Å². The van der Waals surface area contributed by atoms with Crippen LogP contribution in [0.15, 0.2) is 95.2 Å². The van der Waals surface area contributed by atoms with E-state index in [2.05, 4.69) is 83.1 Å². The van der Waals surface area contributed by atoms with Gasteiger partial charge in [0.05, 0.1) is 24.3 Å². The second-order valence-corrected chi connectivity index (χ2v) is 31.4. The molecule has 2 atom stereocenters. The van der Waals surface area contributed by atoms with Crippen LogP contribution in [0.2, 0.25) is 5.15 Å². The van der Waals surface area contributed by atoms with Crippen molar-refractivity contribution in [3.05, 3.63) is 101 Å². The van der Waals surface area contributed by atoms with Gasteiger partial charge in [-0.25, -0.2) is 38.7 Å². The number of ether oxygens (including phenoxy) is 2. The van der Waals surface area contributed by atoms with Crippen LogP contribution in [0.3, 0.4) is 0 Å². The van der Waals surface area contributed by atoms with E-state index in [1.165, 1.54) is 74.2 Å². The number of anilines is 3. The number of fused-ring (bicyclic) bond motifs is 8. The fourth-order valence-corrected chi connectivity index (χ4v) is 18.5. The van der Waals surface area contributed by atoms with E-state index in [1.807, 2.05) is 12.3 Å². The minimum atomic E-state index is -4.26. The summed E-state index contributed by atoms with van der Waals surface area (Å²) in [6.07, 6.45) is 22.8. The second-order valence-electron chi connectivity index (χ2n) is 27.8. The standard InChI is InChI=1S/C32H40ClN7O4S.C32H39N7O4S/c1-30(2)19-21(20-35-30)5-4-16-34-24-6-3-7-27(36-24)45(42,43)39-29(41)22-8-9-25(37-28(22)33)40-17-10-26(38-40)44-18-11-23-31(12-13-31)32(23)14-15-32;1-30(2)19-21-5-4-16-33-24-6-3-7-27(34-24)44(41,42)37-29(40)22-8-9-25(35-28(22)38(30)20-21)39-17-10-26(36-39)43-18-11-23-31(12-13-31)32(23)14-15-32/h3,6-10,17,21,23,35H,4-5,11-16,18-20H2,1-2H3,(H,34,36)(H,39,41);3,6-10,17,21,23H,4-5,11-16,18-20H2,1-2H3,(H,33,34)(H,37,40)/t2*21-/m11/s1. The second kappa shape index (κ2) is 22.2. The van der Waals surface area contributed by atoms with Gasteiger partial charge in [-0.15, -0.1) is 10.2 Å². The molecule has 8 fully saturated rings. The normalized spacial score (nSPS) is 23.7. The van der Waals surface area contributed by atoms with E-state index in [0.29, 0.717) is 107 Å². The first-order valence-electron chi connectivity index (χ1n) is 31.7. The van der Waals surface area contributed by atoms with Crippen LogP contribution in [0.25, 0.3) is 11.6 Å². The molecule has 22 nitrogen and oxygen atoms in total. The van der Waals surface area contributed by atoms with Crippen molar-refractivity contribution in [1.29, 1.82) is 0 Å². The summed E-state index contributed by atoms with van der Waals surface area (Å²) in [4.78, 5) is 46.4. The molecule has 472 valence electrons. The van der Waals surface area contributed by atoms with Crippen molar-refractivity contribution in [2.24, 2.45) is 45.3 Å². The molecule has 9 heterocycles. The van der Waals surface area contributed by atoms with Gasteiger partial charge in [0.2, 0.25) is 11.8 Å². The Morgan fingerprint density at radius 1 is 0.753 bits per heavy atom. The van der Waals surface area contributed by atoms with Crippen molar-refractivity contribution in [2.75, 3.05) is 54.9 Å². The average molecular weight is 1270 g/mol. The van der Waals surface area contributed by atoms with E-state index < -0.39 is 31.9 Å². The molecule has 5 N–H and O–H groups in total. The van der Waals surface area contributed by atoms with Crippen molar-refractivity contribution < 1.29 is 35.9 Å². The molecule has 0 unspecified atom stereocenters. The lowest BCUT2D eigenvalue weighted by Gasteiger charge is -2.34. The van der Waals surface area contributed by atoms with Gasteiger partial charge in [-0.2, -0.15) is 16.8 Å². The lowest BCUT2D eigenvalue weighted by Crippen LogP contribution is -2.41. The van der Waals surface area contributed by atoms with Gasteiger partial charge in [0.1, 0.15) is 22.6 Å². The number of pyridine rings is 4. The number of nitrogens with zero attached hydrogens (tertiary/aromatic N) is 9. The van der Waals surface area contributed by atoms with E-state index in [0.717, 1.165) is 69.7 Å². The number of hydrogen-bond acceptors (Lipinski definition) is 18. The van der Waals surface area contributed by atoms with Crippen molar-refractivity contribution in [1.82, 2.24) is 54.3 Å². The van der Waals surface area contributed by atoms with Crippen molar-refractivity contribution in [3.63, 3.8) is 0 Å². The molecular formula is C64H79ClN14O8S2. The topological polar surface area (TPSA) is 271 Å². The fraction of sp³-hybridized carbons (Fsp3) is 0.562. The first kappa shape index (κ1) is 59.7. The molecule has 6 aromatic rings. The number of carbonyl (C=O) groups is 2. The van der Waals surface area contributed by atoms with Gasteiger partial charge in [-0.3, -0.25) is 9.59 Å². The van der Waals surface area contributed by atoms with Gasteiger partial charge in [0.15, 0.2) is 21.7 Å². The Morgan fingerprint density at radius 2 is 1.38 bits per heavy atom. The lowest BCUT2D eigenvalue weighted by atomic mass is 9.93. The Balaban J connectivity index is 0.000000156. The zero-order chi connectivity index (χ0) is 61.8. The van der Waals surface area contributed by atoms with Crippen molar-refractivity contribution >= 4 is 60.9 Å². The summed E-state index contributed by atoms with van der Waals surface area (Å²) in [6.45, 7) is 13.1. The highest BCUT2D eigenvalue weighted by Crippen LogP contribution is 2.94. The zero-order valence-corrected chi connectivity index (χ0v) is 53.3. The fourth-order valence-electron chi connectivity index (χ4n) is 16.4. The minimum absolute atomic E-state index is 0.0843. The quantitative estimate of drug-likeness (QED) is 0.0396. The highest BCUT2D eigenvalue weighted by molar-refractivity contribution is 7.90. The Bertz CT molecular complexity index is 3930. The Morgan fingerprint density at radius 3 is 2.00 bits per heavy atom.